The Hall–Kier alpha value is -3.15. The molecule has 154 valence electrons. The Morgan fingerprint density at radius 2 is 1.59 bits per heavy atom. The maximum Gasteiger partial charge on any atom is 0.308 e. The minimum Gasteiger partial charge on any atom is -0.481 e. The third-order valence-corrected chi connectivity index (χ3v) is 4.72. The zero-order chi connectivity index (χ0) is 21.2. The van der Waals surface area contributed by atoms with E-state index in [9.17, 15) is 14.4 Å². The van der Waals surface area contributed by atoms with E-state index in [4.69, 9.17) is 9.84 Å². The molecule has 2 atom stereocenters. The summed E-state index contributed by atoms with van der Waals surface area (Å²) in [5.74, 6) is -2.07. The van der Waals surface area contributed by atoms with Crippen molar-refractivity contribution >= 4 is 17.8 Å². The van der Waals surface area contributed by atoms with Crippen LogP contribution in [0.15, 0.2) is 54.6 Å². The van der Waals surface area contributed by atoms with Crippen LogP contribution in [0.2, 0.25) is 0 Å². The topological polar surface area (TPSA) is 92.7 Å². The molecule has 29 heavy (non-hydrogen) atoms. The van der Waals surface area contributed by atoms with E-state index < -0.39 is 5.97 Å². The van der Waals surface area contributed by atoms with Gasteiger partial charge in [-0.05, 0) is 29.5 Å². The minimum absolute atomic E-state index is 0.0919. The number of carbonyl (C=O) groups excluding carboxylic acids is 2. The van der Waals surface area contributed by atoms with E-state index in [2.05, 4.69) is 5.32 Å². The average Bonchev–Trinajstić information content (AvgIpc) is 2.72. The van der Waals surface area contributed by atoms with E-state index in [1.54, 1.807) is 6.92 Å². The van der Waals surface area contributed by atoms with Crippen molar-refractivity contribution in [1.29, 1.82) is 0 Å². The fourth-order valence-electron chi connectivity index (χ4n) is 3.19. The van der Waals surface area contributed by atoms with Crippen LogP contribution < -0.4 is 5.32 Å². The van der Waals surface area contributed by atoms with Crippen LogP contribution in [-0.2, 0) is 25.5 Å². The normalized spacial score (nSPS) is 12.6. The summed E-state index contributed by atoms with van der Waals surface area (Å²) >= 11 is 0. The molecule has 6 nitrogen and oxygen atoms in total. The number of carboxylic acids is 1. The number of ether oxygens (including phenoxy) is 1. The number of hydrogen-bond donors (Lipinski definition) is 2. The SMILES string of the molecule is COC(=O)C(C)CC(Cc1ccc(-c2ccccc2)cc1)NC(=O)CCC(=O)O. The molecule has 0 fully saturated rings. The van der Waals surface area contributed by atoms with Gasteiger partial charge in [-0.1, -0.05) is 61.5 Å². The Bertz CT molecular complexity index is 817. The maximum atomic E-state index is 12.1. The molecule has 6 heteroatoms. The van der Waals surface area contributed by atoms with Gasteiger partial charge >= 0.3 is 11.9 Å². The van der Waals surface area contributed by atoms with Crippen molar-refractivity contribution in [3.05, 3.63) is 60.2 Å². The number of hydrogen-bond acceptors (Lipinski definition) is 4. The van der Waals surface area contributed by atoms with Gasteiger partial charge in [0.05, 0.1) is 19.4 Å². The fourth-order valence-corrected chi connectivity index (χ4v) is 3.19. The molecule has 2 N–H and O–H groups in total. The van der Waals surface area contributed by atoms with Gasteiger partial charge in [0.1, 0.15) is 0 Å². The van der Waals surface area contributed by atoms with Crippen molar-refractivity contribution in [2.45, 2.75) is 38.6 Å². The van der Waals surface area contributed by atoms with Crippen LogP contribution in [0.3, 0.4) is 0 Å². The van der Waals surface area contributed by atoms with Crippen molar-refractivity contribution in [2.75, 3.05) is 7.11 Å². The van der Waals surface area contributed by atoms with E-state index in [-0.39, 0.29) is 36.7 Å². The molecule has 0 aliphatic heterocycles. The lowest BCUT2D eigenvalue weighted by atomic mass is 9.94. The quantitative estimate of drug-likeness (QED) is 0.599. The summed E-state index contributed by atoms with van der Waals surface area (Å²) in [4.78, 5) is 34.6. The molecule has 2 unspecified atom stereocenters. The predicted molar refractivity (Wildman–Crippen MR) is 110 cm³/mol. The van der Waals surface area contributed by atoms with Crippen LogP contribution in [0, 0.1) is 5.92 Å². The van der Waals surface area contributed by atoms with Crippen molar-refractivity contribution in [3.8, 4) is 11.1 Å². The zero-order valence-corrected chi connectivity index (χ0v) is 16.8. The summed E-state index contributed by atoms with van der Waals surface area (Å²) < 4.78 is 4.78. The smallest absolute Gasteiger partial charge is 0.308 e. The standard InChI is InChI=1S/C23H27NO5/c1-16(23(28)29-2)14-20(24-21(25)12-13-22(26)27)15-17-8-10-19(11-9-17)18-6-4-3-5-7-18/h3-11,16,20H,12-15H2,1-2H3,(H,24,25)(H,26,27). The van der Waals surface area contributed by atoms with Gasteiger partial charge < -0.3 is 15.2 Å². The first-order valence-corrected chi connectivity index (χ1v) is 9.62. The molecule has 2 aromatic rings. The minimum atomic E-state index is -1.02. The third-order valence-electron chi connectivity index (χ3n) is 4.72. The Labute approximate surface area is 170 Å². The Morgan fingerprint density at radius 3 is 2.17 bits per heavy atom. The molecule has 0 radical (unpaired) electrons. The van der Waals surface area contributed by atoms with E-state index in [1.165, 1.54) is 7.11 Å². The van der Waals surface area contributed by atoms with E-state index in [0.29, 0.717) is 12.8 Å². The summed E-state index contributed by atoms with van der Waals surface area (Å²) in [6.07, 6.45) is 0.628. The van der Waals surface area contributed by atoms with Crippen LogP contribution in [0.1, 0.15) is 31.7 Å². The molecule has 0 heterocycles. The first-order valence-electron chi connectivity index (χ1n) is 9.62. The number of nitrogens with one attached hydrogen (secondary N) is 1. The van der Waals surface area contributed by atoms with Crippen molar-refractivity contribution < 1.29 is 24.2 Å². The molecule has 0 bridgehead atoms. The second-order valence-corrected chi connectivity index (χ2v) is 7.09. The molecule has 0 saturated heterocycles. The highest BCUT2D eigenvalue weighted by Crippen LogP contribution is 2.21. The summed E-state index contributed by atoms with van der Waals surface area (Å²) in [6, 6.07) is 17.8. The summed E-state index contributed by atoms with van der Waals surface area (Å²) in [6.45, 7) is 1.75. The molecule has 2 aromatic carbocycles. The number of aliphatic carboxylic acids is 1. The monoisotopic (exact) mass is 397 g/mol. The summed E-state index contributed by atoms with van der Waals surface area (Å²) in [5.41, 5.74) is 3.24. The lowest BCUT2D eigenvalue weighted by molar-refractivity contribution is -0.145. The fraction of sp³-hybridized carbons (Fsp3) is 0.348. The van der Waals surface area contributed by atoms with Gasteiger partial charge in [0.15, 0.2) is 0 Å². The molecule has 0 saturated carbocycles. The summed E-state index contributed by atoms with van der Waals surface area (Å²) in [7, 11) is 1.33. The van der Waals surface area contributed by atoms with Crippen molar-refractivity contribution in [3.63, 3.8) is 0 Å². The Kier molecular flexibility index (Phi) is 8.40. The first kappa shape index (κ1) is 22.1. The second-order valence-electron chi connectivity index (χ2n) is 7.09. The molecule has 0 spiro atoms. The molecule has 0 aromatic heterocycles. The van der Waals surface area contributed by atoms with E-state index in [1.807, 2.05) is 54.6 Å². The molecule has 1 amide bonds. The third kappa shape index (κ3) is 7.41. The van der Waals surface area contributed by atoms with Gasteiger partial charge in [-0.3, -0.25) is 14.4 Å². The van der Waals surface area contributed by atoms with Crippen LogP contribution in [0.5, 0.6) is 0 Å². The van der Waals surface area contributed by atoms with Gasteiger partial charge in [-0.15, -0.1) is 0 Å². The Balaban J connectivity index is 2.07. The average molecular weight is 397 g/mol. The van der Waals surface area contributed by atoms with Crippen LogP contribution >= 0.6 is 0 Å². The number of rotatable bonds is 10. The number of carboxylic acid groups (broad SMARTS) is 1. The zero-order valence-electron chi connectivity index (χ0n) is 16.8. The van der Waals surface area contributed by atoms with Crippen molar-refractivity contribution in [2.24, 2.45) is 5.92 Å². The predicted octanol–water partition coefficient (Wildman–Crippen LogP) is 3.44. The largest absolute Gasteiger partial charge is 0.481 e. The van der Waals surface area contributed by atoms with Crippen LogP contribution in [-0.4, -0.2) is 36.1 Å². The lowest BCUT2D eigenvalue weighted by Gasteiger charge is -2.21. The first-order chi connectivity index (χ1) is 13.9. The van der Waals surface area contributed by atoms with Gasteiger partial charge in [0.25, 0.3) is 0 Å². The molecular weight excluding hydrogens is 370 g/mol. The van der Waals surface area contributed by atoms with Gasteiger partial charge in [-0.2, -0.15) is 0 Å². The Morgan fingerprint density at radius 1 is 0.966 bits per heavy atom. The highest BCUT2D eigenvalue weighted by atomic mass is 16.5. The molecule has 2 rings (SSSR count). The molecular formula is C23H27NO5. The maximum absolute atomic E-state index is 12.1. The highest BCUT2D eigenvalue weighted by molar-refractivity contribution is 5.81. The van der Waals surface area contributed by atoms with Crippen LogP contribution in [0.25, 0.3) is 11.1 Å². The second kappa shape index (κ2) is 11.0. The number of esters is 1. The van der Waals surface area contributed by atoms with Crippen molar-refractivity contribution in [1.82, 2.24) is 5.32 Å². The number of methoxy groups -OCH3 is 1. The number of amides is 1. The van der Waals surface area contributed by atoms with Gasteiger partial charge in [0.2, 0.25) is 5.91 Å². The van der Waals surface area contributed by atoms with Gasteiger partial charge in [0, 0.05) is 12.5 Å². The number of benzene rings is 2. The molecule has 0 aliphatic rings. The van der Waals surface area contributed by atoms with Crippen LogP contribution in [0.4, 0.5) is 0 Å². The highest BCUT2D eigenvalue weighted by Gasteiger charge is 2.21. The number of carbonyl (C=O) groups is 3. The lowest BCUT2D eigenvalue weighted by Crippen LogP contribution is -2.38. The van der Waals surface area contributed by atoms with E-state index >= 15 is 0 Å². The molecule has 0 aliphatic carbocycles. The van der Waals surface area contributed by atoms with Gasteiger partial charge in [-0.25, -0.2) is 0 Å². The van der Waals surface area contributed by atoms with E-state index in [0.717, 1.165) is 16.7 Å². The summed E-state index contributed by atoms with van der Waals surface area (Å²) in [5, 5.41) is 11.6.